The second kappa shape index (κ2) is 5.44. The summed E-state index contributed by atoms with van der Waals surface area (Å²) in [5, 5.41) is 1.42. The molecule has 0 aliphatic heterocycles. The molecule has 1 aromatic heterocycles. The van der Waals surface area contributed by atoms with Crippen LogP contribution in [0.1, 0.15) is 16.1 Å². The fraction of sp³-hybridized carbons (Fsp3) is 0. The van der Waals surface area contributed by atoms with E-state index in [1.165, 1.54) is 24.3 Å². The summed E-state index contributed by atoms with van der Waals surface area (Å²) in [5.41, 5.74) is 0.695. The summed E-state index contributed by atoms with van der Waals surface area (Å²) in [7, 11) is 0. The van der Waals surface area contributed by atoms with Crippen LogP contribution in [0.5, 0.6) is 0 Å². The number of fused-ring (bicyclic) bond motifs is 1. The fourth-order valence-electron chi connectivity index (χ4n) is 1.99. The molecule has 0 aliphatic carbocycles. The zero-order valence-corrected chi connectivity index (χ0v) is 13.4. The third kappa shape index (κ3) is 2.71. The first-order chi connectivity index (χ1) is 9.95. The molecule has 2 aromatic carbocycles. The van der Waals surface area contributed by atoms with Gasteiger partial charge in [-0.1, -0.05) is 23.2 Å². The van der Waals surface area contributed by atoms with Crippen molar-refractivity contribution in [2.24, 2.45) is 0 Å². The molecule has 6 heteroatoms. The van der Waals surface area contributed by atoms with Gasteiger partial charge in [0.15, 0.2) is 11.3 Å². The minimum absolute atomic E-state index is 0.112. The molecule has 0 bridgehead atoms. The number of benzene rings is 2. The molecule has 3 aromatic rings. The molecular weight excluding hydrogens is 382 g/mol. The highest BCUT2D eigenvalue weighted by Gasteiger charge is 2.19. The van der Waals surface area contributed by atoms with E-state index in [0.29, 0.717) is 31.1 Å². The number of hydrogen-bond acceptors (Lipinski definition) is 2. The van der Waals surface area contributed by atoms with Crippen LogP contribution in [-0.2, 0) is 0 Å². The van der Waals surface area contributed by atoms with Gasteiger partial charge in [-0.3, -0.25) is 4.79 Å². The summed E-state index contributed by atoms with van der Waals surface area (Å²) in [4.78, 5) is 12.4. The maximum Gasteiger partial charge on any atom is 0.229 e. The van der Waals surface area contributed by atoms with Crippen molar-refractivity contribution in [3.63, 3.8) is 0 Å². The van der Waals surface area contributed by atoms with Crippen LogP contribution in [0.15, 0.2) is 45.3 Å². The van der Waals surface area contributed by atoms with Gasteiger partial charge in [0.1, 0.15) is 5.82 Å². The van der Waals surface area contributed by atoms with Crippen molar-refractivity contribution < 1.29 is 13.6 Å². The van der Waals surface area contributed by atoms with Crippen LogP contribution >= 0.6 is 39.1 Å². The van der Waals surface area contributed by atoms with Crippen molar-refractivity contribution in [1.29, 1.82) is 0 Å². The highest BCUT2D eigenvalue weighted by Crippen LogP contribution is 2.32. The molecule has 0 aliphatic rings. The SMILES string of the molecule is O=C(c1cc2cc(Cl)cc(Cl)c2o1)c1ccc(F)cc1Br. The summed E-state index contributed by atoms with van der Waals surface area (Å²) >= 11 is 15.1. The smallest absolute Gasteiger partial charge is 0.229 e. The lowest BCUT2D eigenvalue weighted by Gasteiger charge is -2.01. The Morgan fingerprint density at radius 2 is 1.90 bits per heavy atom. The molecule has 0 saturated heterocycles. The summed E-state index contributed by atoms with van der Waals surface area (Å²) in [6.07, 6.45) is 0. The second-order valence-electron chi connectivity index (χ2n) is 4.37. The van der Waals surface area contributed by atoms with Crippen molar-refractivity contribution in [2.45, 2.75) is 0 Å². The number of furan rings is 1. The van der Waals surface area contributed by atoms with E-state index in [-0.39, 0.29) is 11.5 Å². The Labute approximate surface area is 137 Å². The van der Waals surface area contributed by atoms with E-state index in [9.17, 15) is 9.18 Å². The Hall–Kier alpha value is -1.36. The van der Waals surface area contributed by atoms with Crippen molar-refractivity contribution in [2.75, 3.05) is 0 Å². The summed E-state index contributed by atoms with van der Waals surface area (Å²) in [6.45, 7) is 0. The topological polar surface area (TPSA) is 30.2 Å². The maximum atomic E-state index is 13.1. The van der Waals surface area contributed by atoms with Crippen LogP contribution in [0.2, 0.25) is 10.0 Å². The largest absolute Gasteiger partial charge is 0.451 e. The van der Waals surface area contributed by atoms with E-state index >= 15 is 0 Å². The van der Waals surface area contributed by atoms with Crippen LogP contribution < -0.4 is 0 Å². The Morgan fingerprint density at radius 1 is 1.14 bits per heavy atom. The zero-order chi connectivity index (χ0) is 15.1. The average Bonchev–Trinajstić information content (AvgIpc) is 2.82. The molecule has 0 amide bonds. The lowest BCUT2D eigenvalue weighted by molar-refractivity contribution is 0.101. The van der Waals surface area contributed by atoms with Crippen molar-refractivity contribution >= 4 is 55.9 Å². The first-order valence-corrected chi connectivity index (χ1v) is 7.39. The van der Waals surface area contributed by atoms with Crippen LogP contribution in [-0.4, -0.2) is 5.78 Å². The van der Waals surface area contributed by atoms with Crippen LogP contribution in [0.25, 0.3) is 11.0 Å². The number of halogens is 4. The van der Waals surface area contributed by atoms with Gasteiger partial charge in [0.05, 0.1) is 5.02 Å². The van der Waals surface area contributed by atoms with E-state index in [4.69, 9.17) is 27.6 Å². The first kappa shape index (κ1) is 14.6. The lowest BCUT2D eigenvalue weighted by Crippen LogP contribution is -2.00. The van der Waals surface area contributed by atoms with Crippen LogP contribution in [0, 0.1) is 5.82 Å². The predicted octanol–water partition coefficient (Wildman–Crippen LogP) is 5.87. The van der Waals surface area contributed by atoms with Crippen molar-refractivity contribution in [3.8, 4) is 0 Å². The molecule has 2 nitrogen and oxygen atoms in total. The minimum Gasteiger partial charge on any atom is -0.451 e. The molecule has 21 heavy (non-hydrogen) atoms. The number of carbonyl (C=O) groups excluding carboxylic acids is 1. The summed E-state index contributed by atoms with van der Waals surface area (Å²) in [5.74, 6) is -0.690. The van der Waals surface area contributed by atoms with Crippen molar-refractivity contribution in [3.05, 3.63) is 68.1 Å². The van der Waals surface area contributed by atoms with Crippen LogP contribution in [0.3, 0.4) is 0 Å². The summed E-state index contributed by atoms with van der Waals surface area (Å²) < 4.78 is 18.9. The molecule has 1 heterocycles. The van der Waals surface area contributed by atoms with Crippen molar-refractivity contribution in [1.82, 2.24) is 0 Å². The van der Waals surface area contributed by atoms with E-state index in [2.05, 4.69) is 15.9 Å². The quantitative estimate of drug-likeness (QED) is 0.514. The fourth-order valence-corrected chi connectivity index (χ4v) is 3.07. The molecule has 0 atom stereocenters. The number of hydrogen-bond donors (Lipinski definition) is 0. The normalized spacial score (nSPS) is 11.0. The molecular formula is C15H6BrCl2FO2. The van der Waals surface area contributed by atoms with Gasteiger partial charge in [-0.25, -0.2) is 4.39 Å². The van der Waals surface area contributed by atoms with E-state index in [1.807, 2.05) is 0 Å². The average molecular weight is 388 g/mol. The molecule has 0 spiro atoms. The summed E-state index contributed by atoms with van der Waals surface area (Å²) in [6, 6.07) is 8.58. The third-order valence-electron chi connectivity index (χ3n) is 2.94. The zero-order valence-electron chi connectivity index (χ0n) is 10.3. The molecule has 0 radical (unpaired) electrons. The molecule has 0 unspecified atom stereocenters. The Kier molecular flexibility index (Phi) is 3.78. The minimum atomic E-state index is -0.433. The highest BCUT2D eigenvalue weighted by molar-refractivity contribution is 9.10. The van der Waals surface area contributed by atoms with Gasteiger partial charge < -0.3 is 4.42 Å². The molecule has 3 rings (SSSR count). The molecule has 0 fully saturated rings. The Morgan fingerprint density at radius 3 is 2.62 bits per heavy atom. The first-order valence-electron chi connectivity index (χ1n) is 5.84. The molecule has 0 saturated carbocycles. The molecule has 106 valence electrons. The number of rotatable bonds is 2. The lowest BCUT2D eigenvalue weighted by atomic mass is 10.1. The van der Waals surface area contributed by atoms with Gasteiger partial charge in [-0.15, -0.1) is 0 Å². The van der Waals surface area contributed by atoms with E-state index in [0.717, 1.165) is 0 Å². The highest BCUT2D eigenvalue weighted by atomic mass is 79.9. The third-order valence-corrected chi connectivity index (χ3v) is 4.09. The number of carbonyl (C=O) groups is 1. The van der Waals surface area contributed by atoms with Gasteiger partial charge in [0.2, 0.25) is 5.78 Å². The predicted molar refractivity (Wildman–Crippen MR) is 83.8 cm³/mol. The molecule has 0 N–H and O–H groups in total. The standard InChI is InChI=1S/C15H6BrCl2FO2/c16-11-6-9(19)1-2-10(11)14(20)13-4-7-3-8(17)5-12(18)15(7)21-13/h1-6H. The van der Waals surface area contributed by atoms with Gasteiger partial charge >= 0.3 is 0 Å². The van der Waals surface area contributed by atoms with Gasteiger partial charge in [0.25, 0.3) is 0 Å². The van der Waals surface area contributed by atoms with Gasteiger partial charge in [-0.2, -0.15) is 0 Å². The monoisotopic (exact) mass is 386 g/mol. The van der Waals surface area contributed by atoms with Gasteiger partial charge in [0, 0.05) is 20.4 Å². The van der Waals surface area contributed by atoms with Crippen LogP contribution in [0.4, 0.5) is 4.39 Å². The van der Waals surface area contributed by atoms with Gasteiger partial charge in [-0.05, 0) is 52.3 Å². The van der Waals surface area contributed by atoms with E-state index in [1.54, 1.807) is 12.1 Å². The Balaban J connectivity index is 2.11. The Bertz CT molecular complexity index is 873. The number of ketones is 1. The maximum absolute atomic E-state index is 13.1. The van der Waals surface area contributed by atoms with E-state index < -0.39 is 5.82 Å². The second-order valence-corrected chi connectivity index (χ2v) is 6.07.